The predicted molar refractivity (Wildman–Crippen MR) is 47.5 cm³/mol. The lowest BCUT2D eigenvalue weighted by molar-refractivity contribution is -0.385. The number of H-pyrrole nitrogens is 1. The number of rotatable bonds is 1. The minimum Gasteiger partial charge on any atom is -0.278 e. The highest BCUT2D eigenvalue weighted by Crippen LogP contribution is 2.23. The van der Waals surface area contributed by atoms with Crippen molar-refractivity contribution in [1.29, 1.82) is 0 Å². The van der Waals surface area contributed by atoms with E-state index in [0.29, 0.717) is 5.56 Å². The summed E-state index contributed by atoms with van der Waals surface area (Å²) in [6, 6.07) is 3.24. The van der Waals surface area contributed by atoms with Crippen LogP contribution < -0.4 is 0 Å². The van der Waals surface area contributed by atoms with Gasteiger partial charge in [-0.3, -0.25) is 15.2 Å². The molecule has 1 aromatic heterocycles. The lowest BCUT2D eigenvalue weighted by atomic mass is 10.1. The van der Waals surface area contributed by atoms with Crippen LogP contribution in [0.5, 0.6) is 0 Å². The van der Waals surface area contributed by atoms with Crippen molar-refractivity contribution in [3.8, 4) is 0 Å². The van der Waals surface area contributed by atoms with Crippen LogP contribution in [-0.4, -0.2) is 15.1 Å². The molecule has 5 nitrogen and oxygen atoms in total. The lowest BCUT2D eigenvalue weighted by Gasteiger charge is -1.95. The van der Waals surface area contributed by atoms with E-state index in [9.17, 15) is 10.1 Å². The summed E-state index contributed by atoms with van der Waals surface area (Å²) in [5.74, 6) is 0. The third-order valence-corrected chi connectivity index (χ3v) is 1.95. The van der Waals surface area contributed by atoms with E-state index in [1.54, 1.807) is 19.2 Å². The fraction of sp³-hybridized carbons (Fsp3) is 0.125. The Kier molecular flexibility index (Phi) is 1.51. The smallest absolute Gasteiger partial charge is 0.273 e. The number of aryl methyl sites for hydroxylation is 1. The topological polar surface area (TPSA) is 71.8 Å². The number of aromatic nitrogens is 2. The Labute approximate surface area is 73.5 Å². The molecule has 0 aliphatic heterocycles. The van der Waals surface area contributed by atoms with Crippen molar-refractivity contribution in [2.75, 3.05) is 0 Å². The summed E-state index contributed by atoms with van der Waals surface area (Å²) in [6.45, 7) is 1.71. The zero-order chi connectivity index (χ0) is 9.42. The predicted octanol–water partition coefficient (Wildman–Crippen LogP) is 1.78. The van der Waals surface area contributed by atoms with Crippen LogP contribution in [0.25, 0.3) is 10.9 Å². The Hall–Kier alpha value is -1.91. The van der Waals surface area contributed by atoms with Crippen LogP contribution in [0, 0.1) is 17.0 Å². The number of aromatic amines is 1. The van der Waals surface area contributed by atoms with E-state index in [2.05, 4.69) is 10.2 Å². The molecule has 0 amide bonds. The molecule has 66 valence electrons. The molecule has 0 fully saturated rings. The van der Waals surface area contributed by atoms with Crippen molar-refractivity contribution in [3.05, 3.63) is 34.0 Å². The van der Waals surface area contributed by atoms with Crippen molar-refractivity contribution in [3.63, 3.8) is 0 Å². The minimum atomic E-state index is -0.387. The SMILES string of the molecule is Cc1cc2[nH]ncc2cc1[N+](=O)[O-]. The van der Waals surface area contributed by atoms with Gasteiger partial charge >= 0.3 is 0 Å². The molecule has 0 bridgehead atoms. The lowest BCUT2D eigenvalue weighted by Crippen LogP contribution is -1.90. The number of fused-ring (bicyclic) bond motifs is 1. The third kappa shape index (κ3) is 1.14. The van der Waals surface area contributed by atoms with Crippen LogP contribution >= 0.6 is 0 Å². The van der Waals surface area contributed by atoms with Gasteiger partial charge in [0, 0.05) is 17.0 Å². The number of hydrogen-bond donors (Lipinski definition) is 1. The molecule has 0 unspecified atom stereocenters. The molecule has 0 saturated carbocycles. The van der Waals surface area contributed by atoms with Gasteiger partial charge in [0.05, 0.1) is 16.6 Å². The van der Waals surface area contributed by atoms with Gasteiger partial charge in [0.25, 0.3) is 5.69 Å². The van der Waals surface area contributed by atoms with E-state index in [4.69, 9.17) is 0 Å². The Bertz CT molecular complexity index is 475. The highest BCUT2D eigenvalue weighted by Gasteiger charge is 2.11. The van der Waals surface area contributed by atoms with Crippen molar-refractivity contribution in [2.24, 2.45) is 0 Å². The molecule has 0 spiro atoms. The third-order valence-electron chi connectivity index (χ3n) is 1.95. The van der Waals surface area contributed by atoms with Gasteiger partial charge in [0.15, 0.2) is 0 Å². The van der Waals surface area contributed by atoms with E-state index in [1.165, 1.54) is 6.07 Å². The van der Waals surface area contributed by atoms with Crippen LogP contribution in [0.2, 0.25) is 0 Å². The molecule has 2 rings (SSSR count). The average molecular weight is 177 g/mol. The monoisotopic (exact) mass is 177 g/mol. The number of nitro benzene ring substituents is 1. The standard InChI is InChI=1S/C8H7N3O2/c1-5-2-7-6(4-9-10-7)3-8(5)11(12)13/h2-4H,1H3,(H,9,10). The fourth-order valence-electron chi connectivity index (χ4n) is 1.28. The van der Waals surface area contributed by atoms with E-state index < -0.39 is 0 Å². The van der Waals surface area contributed by atoms with Gasteiger partial charge < -0.3 is 0 Å². The normalized spacial score (nSPS) is 10.5. The van der Waals surface area contributed by atoms with Crippen molar-refractivity contribution in [2.45, 2.75) is 6.92 Å². The fourth-order valence-corrected chi connectivity index (χ4v) is 1.28. The molecule has 0 aliphatic rings. The zero-order valence-corrected chi connectivity index (χ0v) is 6.94. The van der Waals surface area contributed by atoms with Crippen LogP contribution in [0.1, 0.15) is 5.56 Å². The molecular formula is C8H7N3O2. The van der Waals surface area contributed by atoms with E-state index >= 15 is 0 Å². The van der Waals surface area contributed by atoms with Crippen molar-refractivity contribution in [1.82, 2.24) is 10.2 Å². The summed E-state index contributed by atoms with van der Waals surface area (Å²) in [4.78, 5) is 10.2. The summed E-state index contributed by atoms with van der Waals surface area (Å²) in [5.41, 5.74) is 1.60. The second-order valence-corrected chi connectivity index (χ2v) is 2.85. The number of nitrogens with zero attached hydrogens (tertiary/aromatic N) is 2. The Morgan fingerprint density at radius 3 is 3.00 bits per heavy atom. The van der Waals surface area contributed by atoms with Crippen LogP contribution in [0.4, 0.5) is 5.69 Å². The maximum Gasteiger partial charge on any atom is 0.273 e. The first-order valence-corrected chi connectivity index (χ1v) is 3.76. The number of benzene rings is 1. The average Bonchev–Trinajstić information content (AvgIpc) is 2.48. The molecule has 13 heavy (non-hydrogen) atoms. The summed E-state index contributed by atoms with van der Waals surface area (Å²) in [5, 5.41) is 17.9. The highest BCUT2D eigenvalue weighted by atomic mass is 16.6. The van der Waals surface area contributed by atoms with E-state index in [0.717, 1.165) is 10.9 Å². The number of hydrogen-bond acceptors (Lipinski definition) is 3. The van der Waals surface area contributed by atoms with Gasteiger partial charge in [-0.15, -0.1) is 0 Å². The van der Waals surface area contributed by atoms with E-state index in [1.807, 2.05) is 0 Å². The van der Waals surface area contributed by atoms with Crippen LogP contribution in [0.3, 0.4) is 0 Å². The molecule has 0 radical (unpaired) electrons. The number of nitrogens with one attached hydrogen (secondary N) is 1. The summed E-state index contributed by atoms with van der Waals surface area (Å²) >= 11 is 0. The molecule has 0 saturated heterocycles. The highest BCUT2D eigenvalue weighted by molar-refractivity contribution is 5.81. The first kappa shape index (κ1) is 7.72. The molecule has 1 N–H and O–H groups in total. The molecule has 2 aromatic rings. The maximum atomic E-state index is 10.6. The van der Waals surface area contributed by atoms with Crippen LogP contribution in [0.15, 0.2) is 18.3 Å². The minimum absolute atomic E-state index is 0.133. The molecule has 0 aliphatic carbocycles. The maximum absolute atomic E-state index is 10.6. The van der Waals surface area contributed by atoms with Gasteiger partial charge in [-0.2, -0.15) is 5.10 Å². The largest absolute Gasteiger partial charge is 0.278 e. The Balaban J connectivity index is 2.76. The summed E-state index contributed by atoms with van der Waals surface area (Å²) in [7, 11) is 0. The second kappa shape index (κ2) is 2.55. The number of nitro groups is 1. The van der Waals surface area contributed by atoms with E-state index in [-0.39, 0.29) is 10.6 Å². The van der Waals surface area contributed by atoms with Crippen LogP contribution in [-0.2, 0) is 0 Å². The second-order valence-electron chi connectivity index (χ2n) is 2.85. The summed E-state index contributed by atoms with van der Waals surface area (Å²) < 4.78 is 0. The molecule has 0 atom stereocenters. The van der Waals surface area contributed by atoms with Gasteiger partial charge in [-0.05, 0) is 13.0 Å². The zero-order valence-electron chi connectivity index (χ0n) is 6.94. The molecule has 5 heteroatoms. The van der Waals surface area contributed by atoms with Gasteiger partial charge in [0.1, 0.15) is 0 Å². The van der Waals surface area contributed by atoms with Gasteiger partial charge in [0.2, 0.25) is 0 Å². The molecule has 1 aromatic carbocycles. The summed E-state index contributed by atoms with van der Waals surface area (Å²) in [6.07, 6.45) is 1.57. The first-order valence-electron chi connectivity index (χ1n) is 3.76. The van der Waals surface area contributed by atoms with Crippen molar-refractivity contribution >= 4 is 16.6 Å². The quantitative estimate of drug-likeness (QED) is 0.533. The molecular weight excluding hydrogens is 170 g/mol. The Morgan fingerprint density at radius 1 is 1.54 bits per heavy atom. The van der Waals surface area contributed by atoms with Crippen molar-refractivity contribution < 1.29 is 4.92 Å². The Morgan fingerprint density at radius 2 is 2.31 bits per heavy atom. The van der Waals surface area contributed by atoms with Gasteiger partial charge in [-0.25, -0.2) is 0 Å². The van der Waals surface area contributed by atoms with Gasteiger partial charge in [-0.1, -0.05) is 0 Å². The first-order chi connectivity index (χ1) is 6.18. The molecule has 1 heterocycles.